The van der Waals surface area contributed by atoms with Crippen molar-refractivity contribution in [2.75, 3.05) is 39.3 Å². The van der Waals surface area contributed by atoms with Crippen LogP contribution in [0.5, 0.6) is 0 Å². The van der Waals surface area contributed by atoms with E-state index in [1.54, 1.807) is 0 Å². The molecule has 0 unspecified atom stereocenters. The van der Waals surface area contributed by atoms with Gasteiger partial charge in [-0.3, -0.25) is 0 Å². The molecule has 0 bridgehead atoms. The van der Waals surface area contributed by atoms with Crippen LogP contribution in [0.4, 0.5) is 0 Å². The van der Waals surface area contributed by atoms with Crippen molar-refractivity contribution < 1.29 is 17.1 Å². The maximum atomic E-state index is 4.92. The van der Waals surface area contributed by atoms with Gasteiger partial charge in [-0.1, -0.05) is 51.5 Å². The zero-order valence-corrected chi connectivity index (χ0v) is 24.4. The minimum absolute atomic E-state index is 0. The predicted octanol–water partition coefficient (Wildman–Crippen LogP) is 5.08. The Labute approximate surface area is 233 Å². The predicted molar refractivity (Wildman–Crippen MR) is 150 cm³/mol. The minimum atomic E-state index is 0. The van der Waals surface area contributed by atoms with Crippen molar-refractivity contribution in [3.8, 4) is 0 Å². The Balaban J connectivity index is 0.000000429. The monoisotopic (exact) mass is 578 g/mol. The second kappa shape index (κ2) is 20.2. The van der Waals surface area contributed by atoms with Crippen LogP contribution in [-0.2, 0) is 55.0 Å². The molecule has 0 aromatic rings. The normalized spacial score (nSPS) is 19.5. The molecule has 3 heterocycles. The van der Waals surface area contributed by atoms with Gasteiger partial charge >= 0.3 is 17.1 Å². The topological polar surface area (TPSA) is 9.72 Å². The van der Waals surface area contributed by atoms with Gasteiger partial charge in [0.1, 0.15) is 0 Å². The van der Waals surface area contributed by atoms with E-state index in [0.717, 1.165) is 39.3 Å². The molecule has 3 aliphatic rings. The van der Waals surface area contributed by atoms with Crippen molar-refractivity contribution in [3.05, 3.63) is 0 Å². The molecule has 0 aromatic heterocycles. The molecule has 0 spiro atoms. The van der Waals surface area contributed by atoms with Crippen LogP contribution in [-0.4, -0.2) is 66.9 Å². The molecule has 0 aliphatic carbocycles. The van der Waals surface area contributed by atoms with Gasteiger partial charge < -0.3 is 89.2 Å². The SMILES string of the molecule is S=C([S-])N1CCCCCC1.S=C([S-])N1CCCCCC1.S=C([S-])N1CCCCCC1.[Fe+3]. The molecule has 0 saturated carbocycles. The van der Waals surface area contributed by atoms with Crippen LogP contribution >= 0.6 is 36.7 Å². The summed E-state index contributed by atoms with van der Waals surface area (Å²) in [4.78, 5) is 6.41. The molecule has 10 heteroatoms. The molecule has 3 nitrogen and oxygen atoms in total. The van der Waals surface area contributed by atoms with Gasteiger partial charge in [-0.25, -0.2) is 0 Å². The maximum absolute atomic E-state index is 4.92. The number of hydrogen-bond acceptors (Lipinski definition) is 6. The van der Waals surface area contributed by atoms with E-state index in [1.165, 1.54) is 77.0 Å². The van der Waals surface area contributed by atoms with Crippen molar-refractivity contribution in [2.45, 2.75) is 77.0 Å². The third-order valence-electron chi connectivity index (χ3n) is 5.59. The summed E-state index contributed by atoms with van der Waals surface area (Å²) in [7, 11) is 0. The summed E-state index contributed by atoms with van der Waals surface area (Å²) < 4.78 is 1.96. The van der Waals surface area contributed by atoms with Crippen molar-refractivity contribution in [1.29, 1.82) is 0 Å². The standard InChI is InChI=1S/3C7H13NS2.Fe/c3*9-7(10)8-5-3-1-2-4-6-8;/h3*1-6H2,(H,9,10);/q;;;+3/p-3. The van der Waals surface area contributed by atoms with Gasteiger partial charge in [0.05, 0.1) is 0 Å². The van der Waals surface area contributed by atoms with E-state index in [1.807, 2.05) is 0 Å². The summed E-state index contributed by atoms with van der Waals surface area (Å²) >= 11 is 29.5. The molecular weight excluding hydrogens is 542 g/mol. The Morgan fingerprint density at radius 2 is 0.548 bits per heavy atom. The molecule has 3 rings (SSSR count). The van der Waals surface area contributed by atoms with E-state index < -0.39 is 0 Å². The van der Waals surface area contributed by atoms with E-state index in [2.05, 4.69) is 14.7 Å². The number of likely N-dealkylation sites (tertiary alicyclic amines) is 3. The number of thiocarbonyl (C=S) groups is 3. The van der Waals surface area contributed by atoms with Crippen LogP contribution in [0.3, 0.4) is 0 Å². The fourth-order valence-corrected chi connectivity index (χ4v) is 4.86. The van der Waals surface area contributed by atoms with Gasteiger partial charge in [-0.05, 0) is 38.5 Å². The van der Waals surface area contributed by atoms with Crippen LogP contribution in [0, 0.1) is 0 Å². The fraction of sp³-hybridized carbons (Fsp3) is 0.857. The largest absolute Gasteiger partial charge is 3.00 e. The summed E-state index contributed by atoms with van der Waals surface area (Å²) in [5.41, 5.74) is 0. The number of nitrogens with zero attached hydrogens (tertiary/aromatic N) is 3. The van der Waals surface area contributed by atoms with Gasteiger partial charge in [0.15, 0.2) is 0 Å². The molecule has 0 aromatic carbocycles. The molecule has 0 N–H and O–H groups in total. The van der Waals surface area contributed by atoms with Gasteiger partial charge in [0.2, 0.25) is 0 Å². The van der Waals surface area contributed by atoms with Crippen molar-refractivity contribution in [1.82, 2.24) is 14.7 Å². The van der Waals surface area contributed by atoms with Crippen molar-refractivity contribution in [3.63, 3.8) is 0 Å². The van der Waals surface area contributed by atoms with E-state index in [0.29, 0.717) is 13.0 Å². The summed E-state index contributed by atoms with van der Waals surface area (Å²) in [6.45, 7) is 6.51. The molecule has 0 amide bonds. The zero-order chi connectivity index (χ0) is 22.2. The van der Waals surface area contributed by atoms with Crippen LogP contribution in [0.1, 0.15) is 77.0 Å². The summed E-state index contributed by atoms with van der Waals surface area (Å²) in [5.74, 6) is 0. The van der Waals surface area contributed by atoms with E-state index in [-0.39, 0.29) is 17.1 Å². The molecule has 31 heavy (non-hydrogen) atoms. The molecule has 3 fully saturated rings. The Hall–Kier alpha value is 0.849. The quantitative estimate of drug-likeness (QED) is 0.219. The smallest absolute Gasteiger partial charge is 0.411 e. The van der Waals surface area contributed by atoms with Gasteiger partial charge in [-0.2, -0.15) is 0 Å². The maximum Gasteiger partial charge on any atom is 3.00 e. The van der Waals surface area contributed by atoms with E-state index >= 15 is 0 Å². The van der Waals surface area contributed by atoms with E-state index in [4.69, 9.17) is 74.5 Å². The molecule has 1 radical (unpaired) electrons. The first-order chi connectivity index (χ1) is 14.4. The Bertz CT molecular complexity index is 428. The third-order valence-corrected chi connectivity index (χ3v) is 7.14. The molecule has 179 valence electrons. The molecular formula is C21H36FeN3S6. The fourth-order valence-electron chi connectivity index (χ4n) is 3.76. The second-order valence-corrected chi connectivity index (χ2v) is 11.1. The number of hydrogen-bond donors (Lipinski definition) is 0. The molecule has 0 atom stereocenters. The number of rotatable bonds is 0. The third kappa shape index (κ3) is 16.2. The van der Waals surface area contributed by atoms with Crippen LogP contribution in [0.25, 0.3) is 0 Å². The summed E-state index contributed by atoms with van der Waals surface area (Å²) in [5, 5.41) is 0. The second-order valence-electron chi connectivity index (χ2n) is 8.00. The van der Waals surface area contributed by atoms with Crippen LogP contribution in [0.2, 0.25) is 0 Å². The average molecular weight is 579 g/mol. The molecule has 3 aliphatic heterocycles. The Kier molecular flexibility index (Phi) is 20.8. The first kappa shape index (κ1) is 31.8. The van der Waals surface area contributed by atoms with E-state index in [9.17, 15) is 0 Å². The summed E-state index contributed by atoms with van der Waals surface area (Å²) in [6, 6.07) is 0. The van der Waals surface area contributed by atoms with Crippen molar-refractivity contribution in [2.24, 2.45) is 0 Å². The first-order valence-corrected chi connectivity index (χ1v) is 13.7. The Morgan fingerprint density at radius 3 is 0.677 bits per heavy atom. The summed E-state index contributed by atoms with van der Waals surface area (Å²) in [6.07, 6.45) is 15.6. The zero-order valence-electron chi connectivity index (χ0n) is 18.4. The van der Waals surface area contributed by atoms with Crippen molar-refractivity contribution >= 4 is 87.5 Å². The van der Waals surface area contributed by atoms with Crippen LogP contribution in [0.15, 0.2) is 0 Å². The van der Waals surface area contributed by atoms with Gasteiger partial charge in [-0.15, -0.1) is 0 Å². The van der Waals surface area contributed by atoms with Crippen LogP contribution < -0.4 is 0 Å². The molecule has 3 saturated heterocycles. The van der Waals surface area contributed by atoms with Gasteiger partial charge in [0.25, 0.3) is 0 Å². The Morgan fingerprint density at radius 1 is 0.387 bits per heavy atom. The minimum Gasteiger partial charge on any atom is -0.411 e. The average Bonchev–Trinajstić information content (AvgIpc) is 3.25. The van der Waals surface area contributed by atoms with Gasteiger partial charge in [0, 0.05) is 39.3 Å². The first-order valence-electron chi connectivity index (χ1n) is 11.3.